The minimum Gasteiger partial charge on any atom is -0.497 e. The normalized spacial score (nSPS) is 22.8. The summed E-state index contributed by atoms with van der Waals surface area (Å²) < 4.78 is 17.3. The summed E-state index contributed by atoms with van der Waals surface area (Å²) >= 11 is 6.14. The Labute approximate surface area is 254 Å². The Morgan fingerprint density at radius 2 is 1.58 bits per heavy atom. The minimum absolute atomic E-state index is 0.0153. The van der Waals surface area contributed by atoms with Crippen LogP contribution in [0.2, 0.25) is 5.02 Å². The van der Waals surface area contributed by atoms with Gasteiger partial charge < -0.3 is 19.9 Å². The molecule has 1 fully saturated rings. The van der Waals surface area contributed by atoms with E-state index >= 15 is 0 Å². The number of ketones is 1. The summed E-state index contributed by atoms with van der Waals surface area (Å²) in [5.74, 6) is 0.823. The highest BCUT2D eigenvalue weighted by Crippen LogP contribution is 2.48. The number of halogens is 1. The van der Waals surface area contributed by atoms with Crippen molar-refractivity contribution in [2.45, 2.75) is 44.8 Å². The lowest BCUT2D eigenvalue weighted by Gasteiger charge is -2.46. The molecule has 3 aromatic rings. The summed E-state index contributed by atoms with van der Waals surface area (Å²) in [5, 5.41) is 10.5. The fourth-order valence-electron chi connectivity index (χ4n) is 6.10. The van der Waals surface area contributed by atoms with E-state index in [0.29, 0.717) is 46.3 Å². The summed E-state index contributed by atoms with van der Waals surface area (Å²) in [6.45, 7) is 4.02. The van der Waals surface area contributed by atoms with Gasteiger partial charge in [-0.3, -0.25) is 14.5 Å². The Bertz CT molecular complexity index is 1700. The van der Waals surface area contributed by atoms with Crippen LogP contribution in [-0.2, 0) is 14.3 Å². The first kappa shape index (κ1) is 28.4. The van der Waals surface area contributed by atoms with Crippen LogP contribution in [0.4, 0.5) is 5.69 Å². The smallest absolute Gasteiger partial charge is 0.271 e. The topological polar surface area (TPSA) is 115 Å². The zero-order chi connectivity index (χ0) is 30.5. The quantitative estimate of drug-likeness (QED) is 0.331. The van der Waals surface area contributed by atoms with Gasteiger partial charge in [0.05, 0.1) is 13.0 Å². The molecule has 2 N–H and O–H groups in total. The number of anilines is 1. The van der Waals surface area contributed by atoms with E-state index in [1.54, 1.807) is 60.5 Å². The number of benzene rings is 3. The molecule has 0 bridgehead atoms. The number of methoxy groups -OCH3 is 1. The molecule has 2 aliphatic heterocycles. The van der Waals surface area contributed by atoms with E-state index in [-0.39, 0.29) is 28.6 Å². The molecule has 3 atom stereocenters. The van der Waals surface area contributed by atoms with Gasteiger partial charge in [0.25, 0.3) is 5.91 Å². The Kier molecular flexibility index (Phi) is 7.15. The number of hydrogen-bond acceptors (Lipinski definition) is 7. The highest BCUT2D eigenvalue weighted by Gasteiger charge is 2.51. The van der Waals surface area contributed by atoms with Crippen molar-refractivity contribution in [3.05, 3.63) is 112 Å². The number of nitriles is 1. The van der Waals surface area contributed by atoms with Crippen molar-refractivity contribution < 1.29 is 23.8 Å². The molecule has 9 heteroatoms. The number of nitrogens with zero attached hydrogens (tertiary/aromatic N) is 2. The zero-order valence-electron chi connectivity index (χ0n) is 24.0. The van der Waals surface area contributed by atoms with Gasteiger partial charge in [-0.05, 0) is 65.1 Å². The summed E-state index contributed by atoms with van der Waals surface area (Å²) in [4.78, 5) is 28.4. The van der Waals surface area contributed by atoms with Crippen LogP contribution in [0.5, 0.6) is 11.5 Å². The maximum Gasteiger partial charge on any atom is 0.271 e. The number of nitrogens with two attached hydrogens (primary N) is 1. The maximum atomic E-state index is 13.5. The molecule has 8 nitrogen and oxygen atoms in total. The average molecular weight is 596 g/mol. The first-order valence-corrected chi connectivity index (χ1v) is 14.3. The van der Waals surface area contributed by atoms with E-state index in [0.717, 1.165) is 11.3 Å². The summed E-state index contributed by atoms with van der Waals surface area (Å²) in [5.41, 5.74) is 8.88. The number of β-lactam (4-membered cyclic amide) rings is 1. The van der Waals surface area contributed by atoms with E-state index in [4.69, 9.17) is 31.5 Å². The van der Waals surface area contributed by atoms with Gasteiger partial charge in [0, 0.05) is 29.1 Å². The van der Waals surface area contributed by atoms with Gasteiger partial charge in [0.2, 0.25) is 12.0 Å². The number of allylic oxidation sites excluding steroid dienone is 3. The van der Waals surface area contributed by atoms with Crippen LogP contribution < -0.4 is 20.1 Å². The van der Waals surface area contributed by atoms with Crippen LogP contribution >= 0.6 is 11.6 Å². The lowest BCUT2D eigenvalue weighted by atomic mass is 9.70. The number of ether oxygens (including phenoxy) is 3. The Hall–Kier alpha value is -4.74. The van der Waals surface area contributed by atoms with E-state index in [1.165, 1.54) is 0 Å². The Balaban J connectivity index is 1.29. The number of amides is 1. The van der Waals surface area contributed by atoms with E-state index < -0.39 is 18.1 Å². The second-order valence-corrected chi connectivity index (χ2v) is 12.1. The highest BCUT2D eigenvalue weighted by molar-refractivity contribution is 6.30. The van der Waals surface area contributed by atoms with Crippen LogP contribution in [0.3, 0.4) is 0 Å². The Morgan fingerprint density at radius 3 is 2.21 bits per heavy atom. The lowest BCUT2D eigenvalue weighted by Crippen LogP contribution is -2.61. The third-order valence-electron chi connectivity index (χ3n) is 8.16. The predicted octanol–water partition coefficient (Wildman–Crippen LogP) is 6.33. The molecule has 0 radical (unpaired) electrons. The fourth-order valence-corrected chi connectivity index (χ4v) is 6.22. The average Bonchev–Trinajstić information content (AvgIpc) is 2.98. The highest BCUT2D eigenvalue weighted by atomic mass is 35.5. The number of hydrogen-bond donors (Lipinski definition) is 1. The zero-order valence-corrected chi connectivity index (χ0v) is 24.7. The Morgan fingerprint density at radius 1 is 0.953 bits per heavy atom. The number of Topliss-reactive ketones (excluding diaryl/α,β-unsaturated/α-hetero) is 1. The van der Waals surface area contributed by atoms with Gasteiger partial charge in [-0.1, -0.05) is 49.7 Å². The molecule has 218 valence electrons. The molecule has 2 heterocycles. The summed E-state index contributed by atoms with van der Waals surface area (Å²) in [7, 11) is 1.59. The second kappa shape index (κ2) is 10.8. The van der Waals surface area contributed by atoms with Gasteiger partial charge in [-0.25, -0.2) is 0 Å². The number of carbonyl (C=O) groups is 2. The van der Waals surface area contributed by atoms with Crippen LogP contribution in [0, 0.1) is 16.7 Å². The molecule has 1 saturated heterocycles. The number of rotatable bonds is 6. The maximum absolute atomic E-state index is 13.5. The van der Waals surface area contributed by atoms with Crippen LogP contribution in [0.15, 0.2) is 95.6 Å². The van der Waals surface area contributed by atoms with E-state index in [2.05, 4.69) is 6.07 Å². The van der Waals surface area contributed by atoms with Crippen molar-refractivity contribution in [3.63, 3.8) is 0 Å². The van der Waals surface area contributed by atoms with Crippen molar-refractivity contribution in [2.75, 3.05) is 12.0 Å². The van der Waals surface area contributed by atoms with Gasteiger partial charge in [-0.15, -0.1) is 0 Å². The summed E-state index contributed by atoms with van der Waals surface area (Å²) in [6.07, 6.45) is 0.122. The molecule has 6 rings (SSSR count). The molecule has 43 heavy (non-hydrogen) atoms. The molecular formula is C34H30ClN3O5. The standard InChI is InChI=1S/C34H30ClN3O5/c1-34(2)16-26(39)29-27(17-34)43-32(37)25(18-36)28(29)19-6-12-24(13-7-19)42-31-30(20-4-8-21(35)9-5-20)38(33(31)40)22-10-14-23(41-3)15-11-22/h4-15,28,30-31H,16-17,37H2,1-3H3/t28?,30-,31+/m0/s1. The van der Waals surface area contributed by atoms with Crippen LogP contribution in [-0.4, -0.2) is 24.9 Å². The first-order chi connectivity index (χ1) is 20.6. The van der Waals surface area contributed by atoms with Crippen LogP contribution in [0.1, 0.15) is 49.8 Å². The summed E-state index contributed by atoms with van der Waals surface area (Å²) in [6, 6.07) is 23.5. The molecule has 3 aromatic carbocycles. The minimum atomic E-state index is -0.779. The van der Waals surface area contributed by atoms with Crippen molar-refractivity contribution in [2.24, 2.45) is 11.1 Å². The molecule has 0 aromatic heterocycles. The van der Waals surface area contributed by atoms with Gasteiger partial charge in [0.15, 0.2) is 5.78 Å². The molecule has 0 spiro atoms. The SMILES string of the molecule is COc1ccc(N2C(=O)[C@H](Oc3ccc(C4C(C#N)=C(N)OC5=C4C(=O)CC(C)(C)C5)cc3)[C@@H]2c2ccc(Cl)cc2)cc1. The van der Waals surface area contributed by atoms with Crippen molar-refractivity contribution in [3.8, 4) is 17.6 Å². The van der Waals surface area contributed by atoms with Crippen LogP contribution in [0.25, 0.3) is 0 Å². The van der Waals surface area contributed by atoms with E-state index in [1.807, 2.05) is 38.1 Å². The number of carbonyl (C=O) groups excluding carboxylic acids is 2. The van der Waals surface area contributed by atoms with Crippen molar-refractivity contribution in [1.82, 2.24) is 0 Å². The van der Waals surface area contributed by atoms with Gasteiger partial charge in [0.1, 0.15) is 34.9 Å². The second-order valence-electron chi connectivity index (χ2n) is 11.7. The monoisotopic (exact) mass is 595 g/mol. The fraction of sp³-hybridized carbons (Fsp3) is 0.265. The van der Waals surface area contributed by atoms with Gasteiger partial charge >= 0.3 is 0 Å². The molecule has 0 saturated carbocycles. The first-order valence-electron chi connectivity index (χ1n) is 13.9. The third kappa shape index (κ3) is 5.10. The molecule has 1 unspecified atom stereocenters. The van der Waals surface area contributed by atoms with Crippen molar-refractivity contribution >= 4 is 29.0 Å². The molecule has 1 aliphatic carbocycles. The molecular weight excluding hydrogens is 566 g/mol. The predicted molar refractivity (Wildman–Crippen MR) is 161 cm³/mol. The van der Waals surface area contributed by atoms with Gasteiger partial charge in [-0.2, -0.15) is 5.26 Å². The molecule has 3 aliphatic rings. The molecule has 1 amide bonds. The van der Waals surface area contributed by atoms with Crippen molar-refractivity contribution in [1.29, 1.82) is 5.26 Å². The van der Waals surface area contributed by atoms with E-state index in [9.17, 15) is 14.9 Å². The largest absolute Gasteiger partial charge is 0.497 e. The lowest BCUT2D eigenvalue weighted by molar-refractivity contribution is -0.135. The third-order valence-corrected chi connectivity index (χ3v) is 8.41.